The van der Waals surface area contributed by atoms with E-state index in [0.29, 0.717) is 10.7 Å². The molecule has 5 heteroatoms. The monoisotopic (exact) mass is 284 g/mol. The molecule has 1 aromatic rings. The van der Waals surface area contributed by atoms with Crippen molar-refractivity contribution in [1.29, 1.82) is 0 Å². The van der Waals surface area contributed by atoms with E-state index in [9.17, 15) is 9.90 Å². The molecule has 1 heterocycles. The van der Waals surface area contributed by atoms with Crippen LogP contribution in [0, 0.1) is 5.92 Å². The standard InChI is InChI=1S/C14H21ClN2O2/c1-2-6-17-8-11(15)7-13(17)14(19)16-12-5-3-4-10(12)9-18/h7-8,10,12,18H,2-6,9H2,1H3,(H,16,19). The normalized spacial score (nSPS) is 22.7. The van der Waals surface area contributed by atoms with Gasteiger partial charge in [0.15, 0.2) is 0 Å². The zero-order valence-electron chi connectivity index (χ0n) is 11.2. The number of aliphatic hydroxyl groups excluding tert-OH is 1. The third-order valence-corrected chi connectivity index (χ3v) is 3.98. The lowest BCUT2D eigenvalue weighted by Crippen LogP contribution is -2.39. The molecule has 1 aromatic heterocycles. The van der Waals surface area contributed by atoms with E-state index in [2.05, 4.69) is 12.2 Å². The number of nitrogens with one attached hydrogen (secondary N) is 1. The maximum Gasteiger partial charge on any atom is 0.268 e. The van der Waals surface area contributed by atoms with E-state index >= 15 is 0 Å². The molecule has 106 valence electrons. The Morgan fingerprint density at radius 3 is 3.05 bits per heavy atom. The van der Waals surface area contributed by atoms with Crippen LogP contribution in [-0.4, -0.2) is 28.2 Å². The molecule has 1 saturated carbocycles. The van der Waals surface area contributed by atoms with Gasteiger partial charge in [-0.05, 0) is 25.3 Å². The molecule has 1 fully saturated rings. The van der Waals surface area contributed by atoms with Gasteiger partial charge in [-0.15, -0.1) is 0 Å². The van der Waals surface area contributed by atoms with E-state index in [1.54, 1.807) is 12.3 Å². The number of aromatic nitrogens is 1. The quantitative estimate of drug-likeness (QED) is 0.873. The van der Waals surface area contributed by atoms with Crippen molar-refractivity contribution in [2.45, 2.75) is 45.2 Å². The predicted octanol–water partition coefficient (Wildman–Crippen LogP) is 2.44. The Labute approximate surface area is 118 Å². The second-order valence-electron chi connectivity index (χ2n) is 5.19. The van der Waals surface area contributed by atoms with Gasteiger partial charge in [0.05, 0.1) is 5.02 Å². The van der Waals surface area contributed by atoms with Crippen molar-refractivity contribution in [2.24, 2.45) is 5.92 Å². The number of aliphatic hydroxyl groups is 1. The third-order valence-electron chi connectivity index (χ3n) is 3.77. The molecule has 0 radical (unpaired) electrons. The molecule has 1 amide bonds. The third kappa shape index (κ3) is 3.31. The molecule has 0 aromatic carbocycles. The molecule has 2 N–H and O–H groups in total. The van der Waals surface area contributed by atoms with Crippen LogP contribution in [-0.2, 0) is 6.54 Å². The summed E-state index contributed by atoms with van der Waals surface area (Å²) in [6.07, 6.45) is 5.73. The smallest absolute Gasteiger partial charge is 0.268 e. The highest BCUT2D eigenvalue weighted by Crippen LogP contribution is 2.25. The van der Waals surface area contributed by atoms with Gasteiger partial charge in [0, 0.05) is 31.3 Å². The van der Waals surface area contributed by atoms with Crippen molar-refractivity contribution in [3.63, 3.8) is 0 Å². The van der Waals surface area contributed by atoms with Crippen molar-refractivity contribution >= 4 is 17.5 Å². The molecule has 2 atom stereocenters. The average Bonchev–Trinajstić information content (AvgIpc) is 2.96. The number of carbonyl (C=O) groups is 1. The molecule has 0 bridgehead atoms. The highest BCUT2D eigenvalue weighted by molar-refractivity contribution is 6.31. The zero-order chi connectivity index (χ0) is 13.8. The molecule has 1 aliphatic rings. The molecule has 2 unspecified atom stereocenters. The second kappa shape index (κ2) is 6.44. The highest BCUT2D eigenvalue weighted by atomic mass is 35.5. The van der Waals surface area contributed by atoms with Gasteiger partial charge in [0.2, 0.25) is 0 Å². The summed E-state index contributed by atoms with van der Waals surface area (Å²) >= 11 is 5.98. The van der Waals surface area contributed by atoms with Gasteiger partial charge >= 0.3 is 0 Å². The molecule has 4 nitrogen and oxygen atoms in total. The number of rotatable bonds is 5. The summed E-state index contributed by atoms with van der Waals surface area (Å²) in [5, 5.41) is 12.9. The Morgan fingerprint density at radius 2 is 2.37 bits per heavy atom. The van der Waals surface area contributed by atoms with E-state index in [1.165, 1.54) is 0 Å². The summed E-state index contributed by atoms with van der Waals surface area (Å²) in [6.45, 7) is 2.99. The van der Waals surface area contributed by atoms with Gasteiger partial charge < -0.3 is 15.0 Å². The van der Waals surface area contributed by atoms with Crippen LogP contribution in [0.2, 0.25) is 5.02 Å². The lowest BCUT2D eigenvalue weighted by Gasteiger charge is -2.19. The molecule has 1 aliphatic carbocycles. The summed E-state index contributed by atoms with van der Waals surface area (Å²) in [5.41, 5.74) is 0.607. The van der Waals surface area contributed by atoms with Crippen LogP contribution in [0.1, 0.15) is 43.1 Å². The molecular weight excluding hydrogens is 264 g/mol. The minimum absolute atomic E-state index is 0.0845. The Balaban J connectivity index is 2.07. The van der Waals surface area contributed by atoms with Crippen molar-refractivity contribution in [1.82, 2.24) is 9.88 Å². The van der Waals surface area contributed by atoms with Gasteiger partial charge in [-0.25, -0.2) is 0 Å². The number of aryl methyl sites for hydroxylation is 1. The second-order valence-corrected chi connectivity index (χ2v) is 5.63. The lowest BCUT2D eigenvalue weighted by atomic mass is 10.1. The number of hydrogen-bond acceptors (Lipinski definition) is 2. The van der Waals surface area contributed by atoms with Crippen LogP contribution < -0.4 is 5.32 Å². The Kier molecular flexibility index (Phi) is 4.88. The Bertz CT molecular complexity index is 445. The largest absolute Gasteiger partial charge is 0.396 e. The lowest BCUT2D eigenvalue weighted by molar-refractivity contribution is 0.0906. The van der Waals surface area contributed by atoms with Gasteiger partial charge in [0.1, 0.15) is 5.69 Å². The number of nitrogens with zero attached hydrogens (tertiary/aromatic N) is 1. The van der Waals surface area contributed by atoms with E-state index in [1.807, 2.05) is 4.57 Å². The fourth-order valence-electron chi connectivity index (χ4n) is 2.78. The van der Waals surface area contributed by atoms with Crippen molar-refractivity contribution in [3.8, 4) is 0 Å². The first-order valence-corrected chi connectivity index (χ1v) is 7.31. The van der Waals surface area contributed by atoms with Gasteiger partial charge in [-0.3, -0.25) is 4.79 Å². The van der Waals surface area contributed by atoms with Crippen molar-refractivity contribution in [2.75, 3.05) is 6.61 Å². The fourth-order valence-corrected chi connectivity index (χ4v) is 3.00. The molecule has 0 spiro atoms. The van der Waals surface area contributed by atoms with Gasteiger partial charge in [-0.2, -0.15) is 0 Å². The maximum atomic E-state index is 12.3. The van der Waals surface area contributed by atoms with Crippen LogP contribution in [0.4, 0.5) is 0 Å². The summed E-state index contributed by atoms with van der Waals surface area (Å²) < 4.78 is 1.89. The summed E-state index contributed by atoms with van der Waals surface area (Å²) in [4.78, 5) is 12.3. The molecule has 0 saturated heterocycles. The van der Waals surface area contributed by atoms with E-state index in [-0.39, 0.29) is 24.5 Å². The highest BCUT2D eigenvalue weighted by Gasteiger charge is 2.28. The predicted molar refractivity (Wildman–Crippen MR) is 75.4 cm³/mol. The minimum atomic E-state index is -0.0919. The average molecular weight is 285 g/mol. The summed E-state index contributed by atoms with van der Waals surface area (Å²) in [5.74, 6) is 0.0970. The zero-order valence-corrected chi connectivity index (χ0v) is 12.0. The number of carbonyl (C=O) groups excluding carboxylic acids is 1. The molecule has 19 heavy (non-hydrogen) atoms. The van der Waals surface area contributed by atoms with Crippen LogP contribution >= 0.6 is 11.6 Å². The van der Waals surface area contributed by atoms with E-state index in [4.69, 9.17) is 11.6 Å². The Hall–Kier alpha value is -1.00. The van der Waals surface area contributed by atoms with Crippen molar-refractivity contribution < 1.29 is 9.90 Å². The molecule has 2 rings (SSSR count). The number of amides is 1. The molecular formula is C14H21ClN2O2. The number of hydrogen-bond donors (Lipinski definition) is 2. The van der Waals surface area contributed by atoms with Crippen molar-refractivity contribution in [3.05, 3.63) is 23.0 Å². The first-order valence-electron chi connectivity index (χ1n) is 6.93. The van der Waals surface area contributed by atoms with Gasteiger partial charge in [-0.1, -0.05) is 24.9 Å². The Morgan fingerprint density at radius 1 is 1.58 bits per heavy atom. The minimum Gasteiger partial charge on any atom is -0.396 e. The summed E-state index contributed by atoms with van der Waals surface area (Å²) in [7, 11) is 0. The maximum absolute atomic E-state index is 12.3. The van der Waals surface area contributed by atoms with Gasteiger partial charge in [0.25, 0.3) is 5.91 Å². The first-order chi connectivity index (χ1) is 9.15. The SMILES string of the molecule is CCCn1cc(Cl)cc1C(=O)NC1CCCC1CO. The fraction of sp³-hybridized carbons (Fsp3) is 0.643. The van der Waals surface area contributed by atoms with E-state index in [0.717, 1.165) is 32.2 Å². The van der Waals surface area contributed by atoms with Crippen LogP contribution in [0.15, 0.2) is 12.3 Å². The topological polar surface area (TPSA) is 54.3 Å². The summed E-state index contributed by atoms with van der Waals surface area (Å²) in [6, 6.07) is 1.79. The number of halogens is 1. The first kappa shape index (κ1) is 14.4. The molecule has 0 aliphatic heterocycles. The van der Waals surface area contributed by atoms with E-state index < -0.39 is 0 Å². The van der Waals surface area contributed by atoms with Crippen LogP contribution in [0.25, 0.3) is 0 Å². The van der Waals surface area contributed by atoms with Crippen LogP contribution in [0.5, 0.6) is 0 Å². The van der Waals surface area contributed by atoms with Crippen LogP contribution in [0.3, 0.4) is 0 Å².